The molecular formula is C17H33NO. The Hall–Kier alpha value is -0.0800. The zero-order valence-corrected chi connectivity index (χ0v) is 13.2. The van der Waals surface area contributed by atoms with Gasteiger partial charge in [-0.15, -0.1) is 0 Å². The fourth-order valence-corrected chi connectivity index (χ4v) is 4.57. The molecule has 0 amide bonds. The molecule has 1 N–H and O–H groups in total. The van der Waals surface area contributed by atoms with E-state index >= 15 is 0 Å². The van der Waals surface area contributed by atoms with Crippen LogP contribution >= 0.6 is 0 Å². The molecule has 2 fully saturated rings. The highest BCUT2D eigenvalue weighted by Crippen LogP contribution is 2.36. The first-order valence-electron chi connectivity index (χ1n) is 8.46. The van der Waals surface area contributed by atoms with E-state index in [1.807, 2.05) is 7.11 Å². The summed E-state index contributed by atoms with van der Waals surface area (Å²) in [5, 5.41) is 3.62. The standard InChI is InChI=1S/C17H33NO/c1-13-8-7-11-15(12-13)16(18-2)17(19-3)14-9-5-4-6-10-14/h13-18H,4-12H2,1-3H3. The maximum atomic E-state index is 5.97. The second-order valence-electron chi connectivity index (χ2n) is 6.94. The molecule has 2 rings (SSSR count). The van der Waals surface area contributed by atoms with Crippen molar-refractivity contribution >= 4 is 0 Å². The monoisotopic (exact) mass is 267 g/mol. The molecule has 0 radical (unpaired) electrons. The lowest BCUT2D eigenvalue weighted by atomic mass is 9.73. The summed E-state index contributed by atoms with van der Waals surface area (Å²) in [7, 11) is 4.06. The molecule has 0 bridgehead atoms. The van der Waals surface area contributed by atoms with Crippen LogP contribution < -0.4 is 5.32 Å². The van der Waals surface area contributed by atoms with Crippen LogP contribution in [0.1, 0.15) is 64.7 Å². The Balaban J connectivity index is 2.00. The van der Waals surface area contributed by atoms with Crippen LogP contribution in [0, 0.1) is 17.8 Å². The van der Waals surface area contributed by atoms with E-state index in [-0.39, 0.29) is 0 Å². The molecule has 0 aromatic heterocycles. The summed E-state index contributed by atoms with van der Waals surface area (Å²) in [6, 6.07) is 0.566. The first-order chi connectivity index (χ1) is 9.26. The maximum Gasteiger partial charge on any atom is 0.0754 e. The maximum absolute atomic E-state index is 5.97. The molecule has 2 aliphatic rings. The Morgan fingerprint density at radius 3 is 2.21 bits per heavy atom. The van der Waals surface area contributed by atoms with Crippen molar-refractivity contribution in [1.82, 2.24) is 5.32 Å². The van der Waals surface area contributed by atoms with Crippen molar-refractivity contribution in [3.05, 3.63) is 0 Å². The normalized spacial score (nSPS) is 33.0. The third kappa shape index (κ3) is 3.95. The van der Waals surface area contributed by atoms with Gasteiger partial charge in [0, 0.05) is 13.2 Å². The highest BCUT2D eigenvalue weighted by molar-refractivity contribution is 4.90. The summed E-state index contributed by atoms with van der Waals surface area (Å²) in [6.07, 6.45) is 13.0. The molecule has 0 aromatic carbocycles. The summed E-state index contributed by atoms with van der Waals surface area (Å²) in [4.78, 5) is 0. The first kappa shape index (κ1) is 15.3. The molecule has 2 aliphatic carbocycles. The molecule has 4 unspecified atom stereocenters. The highest BCUT2D eigenvalue weighted by atomic mass is 16.5. The molecule has 0 spiro atoms. The molecule has 0 saturated heterocycles. The number of nitrogens with one attached hydrogen (secondary N) is 1. The summed E-state index contributed by atoms with van der Waals surface area (Å²) >= 11 is 0. The fourth-order valence-electron chi connectivity index (χ4n) is 4.57. The first-order valence-corrected chi connectivity index (χ1v) is 8.46. The van der Waals surface area contributed by atoms with Crippen LogP contribution in [0.4, 0.5) is 0 Å². The molecule has 2 saturated carbocycles. The van der Waals surface area contributed by atoms with E-state index in [0.717, 1.165) is 17.8 Å². The van der Waals surface area contributed by atoms with Crippen LogP contribution in [0.5, 0.6) is 0 Å². The van der Waals surface area contributed by atoms with E-state index in [4.69, 9.17) is 4.74 Å². The Labute approximate surface area is 119 Å². The van der Waals surface area contributed by atoms with Gasteiger partial charge < -0.3 is 10.1 Å². The molecule has 112 valence electrons. The number of methoxy groups -OCH3 is 1. The SMILES string of the molecule is CNC(C1CCCC(C)C1)C(OC)C1CCCCC1. The number of hydrogen-bond acceptors (Lipinski definition) is 2. The van der Waals surface area contributed by atoms with Gasteiger partial charge in [0.25, 0.3) is 0 Å². The van der Waals surface area contributed by atoms with Gasteiger partial charge >= 0.3 is 0 Å². The molecule has 19 heavy (non-hydrogen) atoms. The largest absolute Gasteiger partial charge is 0.380 e. The van der Waals surface area contributed by atoms with E-state index in [9.17, 15) is 0 Å². The van der Waals surface area contributed by atoms with Crippen LogP contribution in [-0.2, 0) is 4.74 Å². The van der Waals surface area contributed by atoms with Crippen molar-refractivity contribution in [3.63, 3.8) is 0 Å². The van der Waals surface area contributed by atoms with Gasteiger partial charge in [-0.25, -0.2) is 0 Å². The van der Waals surface area contributed by atoms with Gasteiger partial charge in [0.15, 0.2) is 0 Å². The molecule has 2 heteroatoms. The Bertz CT molecular complexity index is 250. The Morgan fingerprint density at radius 1 is 0.947 bits per heavy atom. The van der Waals surface area contributed by atoms with Gasteiger partial charge in [-0.3, -0.25) is 0 Å². The smallest absolute Gasteiger partial charge is 0.0754 e. The zero-order valence-electron chi connectivity index (χ0n) is 13.2. The summed E-state index contributed by atoms with van der Waals surface area (Å²) in [6.45, 7) is 2.42. The van der Waals surface area contributed by atoms with Crippen molar-refractivity contribution in [1.29, 1.82) is 0 Å². The summed E-state index contributed by atoms with van der Waals surface area (Å²) in [5.41, 5.74) is 0. The summed E-state index contributed by atoms with van der Waals surface area (Å²) in [5.74, 6) is 2.51. The van der Waals surface area contributed by atoms with Crippen molar-refractivity contribution in [2.75, 3.05) is 14.2 Å². The van der Waals surface area contributed by atoms with E-state index in [1.54, 1.807) is 0 Å². The minimum Gasteiger partial charge on any atom is -0.380 e. The van der Waals surface area contributed by atoms with Crippen LogP contribution in [-0.4, -0.2) is 26.3 Å². The van der Waals surface area contributed by atoms with Crippen LogP contribution in [0.3, 0.4) is 0 Å². The van der Waals surface area contributed by atoms with E-state index in [2.05, 4.69) is 19.3 Å². The lowest BCUT2D eigenvalue weighted by Crippen LogP contribution is -2.49. The topological polar surface area (TPSA) is 21.3 Å². The lowest BCUT2D eigenvalue weighted by molar-refractivity contribution is -0.0135. The van der Waals surface area contributed by atoms with E-state index < -0.39 is 0 Å². The summed E-state index contributed by atoms with van der Waals surface area (Å²) < 4.78 is 5.97. The quantitative estimate of drug-likeness (QED) is 0.813. The average molecular weight is 267 g/mol. The minimum atomic E-state index is 0.431. The van der Waals surface area contributed by atoms with Gasteiger partial charge in [-0.2, -0.15) is 0 Å². The van der Waals surface area contributed by atoms with Crippen LogP contribution in [0.2, 0.25) is 0 Å². The molecule has 0 aliphatic heterocycles. The molecule has 2 nitrogen and oxygen atoms in total. The number of likely N-dealkylation sites (N-methyl/N-ethyl adjacent to an activating group) is 1. The molecule has 0 aromatic rings. The predicted octanol–water partition coefficient (Wildman–Crippen LogP) is 4.00. The second-order valence-corrected chi connectivity index (χ2v) is 6.94. The van der Waals surface area contributed by atoms with Crippen LogP contribution in [0.25, 0.3) is 0 Å². The van der Waals surface area contributed by atoms with Gasteiger partial charge in [0.05, 0.1) is 6.10 Å². The zero-order chi connectivity index (χ0) is 13.7. The average Bonchev–Trinajstić information content (AvgIpc) is 2.45. The van der Waals surface area contributed by atoms with Gasteiger partial charge in [-0.05, 0) is 50.5 Å². The van der Waals surface area contributed by atoms with E-state index in [0.29, 0.717) is 12.1 Å². The van der Waals surface area contributed by atoms with Gasteiger partial charge in [0.1, 0.15) is 0 Å². The third-order valence-corrected chi connectivity index (χ3v) is 5.56. The second kappa shape index (κ2) is 7.64. The van der Waals surface area contributed by atoms with Gasteiger partial charge in [0.2, 0.25) is 0 Å². The van der Waals surface area contributed by atoms with Crippen molar-refractivity contribution in [2.24, 2.45) is 17.8 Å². The number of rotatable bonds is 5. The lowest BCUT2D eigenvalue weighted by Gasteiger charge is -2.41. The molecule has 4 atom stereocenters. The van der Waals surface area contributed by atoms with Crippen LogP contribution in [0.15, 0.2) is 0 Å². The fraction of sp³-hybridized carbons (Fsp3) is 1.00. The van der Waals surface area contributed by atoms with E-state index in [1.165, 1.54) is 57.8 Å². The van der Waals surface area contributed by atoms with Crippen molar-refractivity contribution in [3.8, 4) is 0 Å². The minimum absolute atomic E-state index is 0.431. The van der Waals surface area contributed by atoms with Crippen molar-refractivity contribution < 1.29 is 4.74 Å². The number of ether oxygens (including phenoxy) is 1. The number of hydrogen-bond donors (Lipinski definition) is 1. The highest BCUT2D eigenvalue weighted by Gasteiger charge is 2.36. The van der Waals surface area contributed by atoms with Gasteiger partial charge in [-0.1, -0.05) is 39.0 Å². The predicted molar refractivity (Wildman–Crippen MR) is 81.3 cm³/mol. The van der Waals surface area contributed by atoms with Crippen molar-refractivity contribution in [2.45, 2.75) is 76.9 Å². The Kier molecular flexibility index (Phi) is 6.15. The Morgan fingerprint density at radius 2 is 1.63 bits per heavy atom. The molecule has 0 heterocycles. The third-order valence-electron chi connectivity index (χ3n) is 5.56. The molecular weight excluding hydrogens is 234 g/mol.